The van der Waals surface area contributed by atoms with Crippen LogP contribution in [0.15, 0.2) is 30.5 Å². The summed E-state index contributed by atoms with van der Waals surface area (Å²) in [6.07, 6.45) is 1.76. The number of amides is 1. The first kappa shape index (κ1) is 17.1. The zero-order valence-electron chi connectivity index (χ0n) is 13.0. The van der Waals surface area contributed by atoms with Crippen molar-refractivity contribution in [3.8, 4) is 0 Å². The number of aromatic nitrogens is 2. The van der Waals surface area contributed by atoms with E-state index in [4.69, 9.17) is 0 Å². The van der Waals surface area contributed by atoms with Gasteiger partial charge in [-0.25, -0.2) is 0 Å². The molecule has 0 aliphatic heterocycles. The molecule has 0 radical (unpaired) electrons. The van der Waals surface area contributed by atoms with Gasteiger partial charge in [0.15, 0.2) is 0 Å². The van der Waals surface area contributed by atoms with Crippen molar-refractivity contribution >= 4 is 17.3 Å². The second-order valence-corrected chi connectivity index (χ2v) is 5.04. The minimum atomic E-state index is -0.782. The topological polar surface area (TPSA) is 133 Å². The van der Waals surface area contributed by atoms with Crippen molar-refractivity contribution in [3.05, 3.63) is 61.9 Å². The molecule has 1 heterocycles. The number of nitrogens with zero attached hydrogens (tertiary/aromatic N) is 4. The van der Waals surface area contributed by atoms with E-state index in [1.165, 1.54) is 0 Å². The molecule has 0 saturated carbocycles. The lowest BCUT2D eigenvalue weighted by Crippen LogP contribution is -2.27. The van der Waals surface area contributed by atoms with Gasteiger partial charge in [0.2, 0.25) is 0 Å². The van der Waals surface area contributed by atoms with Gasteiger partial charge in [-0.05, 0) is 19.9 Å². The van der Waals surface area contributed by atoms with E-state index < -0.39 is 33.2 Å². The summed E-state index contributed by atoms with van der Waals surface area (Å²) < 4.78 is 1.69. The van der Waals surface area contributed by atoms with Crippen LogP contribution >= 0.6 is 0 Å². The highest BCUT2D eigenvalue weighted by Gasteiger charge is 2.21. The fraction of sp³-hybridized carbons (Fsp3) is 0.286. The predicted molar refractivity (Wildman–Crippen MR) is 83.5 cm³/mol. The van der Waals surface area contributed by atoms with E-state index >= 15 is 0 Å². The number of carbonyl (C=O) groups excluding carboxylic acids is 1. The standard InChI is InChI=1S/C14H15N5O5/c1-3-17-5-4-13(16-17)9(2)15-14(20)10-6-11(18(21)22)8-12(7-10)19(23)24/h4-9H,3H2,1-2H3,(H,15,20). The lowest BCUT2D eigenvalue weighted by atomic mass is 10.1. The van der Waals surface area contributed by atoms with Crippen LogP contribution < -0.4 is 5.32 Å². The lowest BCUT2D eigenvalue weighted by molar-refractivity contribution is -0.394. The lowest BCUT2D eigenvalue weighted by Gasteiger charge is -2.11. The number of carbonyl (C=O) groups is 1. The molecule has 10 nitrogen and oxygen atoms in total. The largest absolute Gasteiger partial charge is 0.344 e. The van der Waals surface area contributed by atoms with Crippen LogP contribution in [0.3, 0.4) is 0 Å². The van der Waals surface area contributed by atoms with E-state index in [0.29, 0.717) is 12.2 Å². The monoisotopic (exact) mass is 333 g/mol. The molecule has 0 spiro atoms. The quantitative estimate of drug-likeness (QED) is 0.636. The van der Waals surface area contributed by atoms with E-state index in [9.17, 15) is 25.0 Å². The summed E-state index contributed by atoms with van der Waals surface area (Å²) in [6.45, 7) is 4.30. The second-order valence-electron chi connectivity index (χ2n) is 5.04. The Morgan fingerprint density at radius 3 is 2.29 bits per heavy atom. The van der Waals surface area contributed by atoms with Crippen molar-refractivity contribution in [2.75, 3.05) is 0 Å². The Kier molecular flexibility index (Phi) is 4.87. The molecule has 0 aliphatic rings. The number of nitro groups is 2. The van der Waals surface area contributed by atoms with Gasteiger partial charge in [0.25, 0.3) is 17.3 Å². The van der Waals surface area contributed by atoms with Crippen LogP contribution in [0.5, 0.6) is 0 Å². The van der Waals surface area contributed by atoms with Gasteiger partial charge in [0.05, 0.1) is 33.2 Å². The van der Waals surface area contributed by atoms with Gasteiger partial charge in [0, 0.05) is 24.9 Å². The van der Waals surface area contributed by atoms with Crippen LogP contribution in [-0.4, -0.2) is 25.5 Å². The Balaban J connectivity index is 2.25. The Morgan fingerprint density at radius 2 is 1.83 bits per heavy atom. The summed E-state index contributed by atoms with van der Waals surface area (Å²) in [6, 6.07) is 4.09. The number of aryl methyl sites for hydroxylation is 1. The number of hydrogen-bond acceptors (Lipinski definition) is 6. The molecular weight excluding hydrogens is 318 g/mol. The van der Waals surface area contributed by atoms with Crippen molar-refractivity contribution in [2.24, 2.45) is 0 Å². The Bertz CT molecular complexity index is 768. The van der Waals surface area contributed by atoms with Gasteiger partial charge in [-0.15, -0.1) is 0 Å². The molecule has 1 N–H and O–H groups in total. The van der Waals surface area contributed by atoms with Crippen molar-refractivity contribution in [1.29, 1.82) is 0 Å². The van der Waals surface area contributed by atoms with E-state index in [1.54, 1.807) is 23.9 Å². The van der Waals surface area contributed by atoms with E-state index in [-0.39, 0.29) is 5.56 Å². The van der Waals surface area contributed by atoms with Gasteiger partial charge in [-0.1, -0.05) is 0 Å². The molecule has 0 fully saturated rings. The van der Waals surface area contributed by atoms with E-state index in [2.05, 4.69) is 10.4 Å². The smallest absolute Gasteiger partial charge is 0.277 e. The normalized spacial score (nSPS) is 11.8. The van der Waals surface area contributed by atoms with Crippen molar-refractivity contribution in [2.45, 2.75) is 26.4 Å². The first-order valence-electron chi connectivity index (χ1n) is 7.10. The maximum Gasteiger partial charge on any atom is 0.277 e. The zero-order chi connectivity index (χ0) is 17.9. The molecule has 1 aromatic heterocycles. The van der Waals surface area contributed by atoms with Crippen molar-refractivity contribution in [3.63, 3.8) is 0 Å². The molecule has 1 unspecified atom stereocenters. The summed E-state index contributed by atoms with van der Waals surface area (Å²) in [5, 5.41) is 28.6. The molecule has 24 heavy (non-hydrogen) atoms. The van der Waals surface area contributed by atoms with Crippen LogP contribution in [0.2, 0.25) is 0 Å². The molecule has 2 rings (SSSR count). The molecule has 126 valence electrons. The minimum Gasteiger partial charge on any atom is -0.344 e. The maximum absolute atomic E-state index is 12.3. The summed E-state index contributed by atoms with van der Waals surface area (Å²) in [4.78, 5) is 32.4. The number of benzene rings is 1. The molecule has 1 atom stereocenters. The SMILES string of the molecule is CCn1ccc(C(C)NC(=O)c2cc([N+](=O)[O-])cc([N+](=O)[O-])c2)n1. The van der Waals surface area contributed by atoms with Crippen LogP contribution in [-0.2, 0) is 6.54 Å². The Morgan fingerprint density at radius 1 is 1.25 bits per heavy atom. The molecule has 0 bridgehead atoms. The highest BCUT2D eigenvalue weighted by molar-refractivity contribution is 5.95. The fourth-order valence-corrected chi connectivity index (χ4v) is 2.08. The highest BCUT2D eigenvalue weighted by atomic mass is 16.6. The third kappa shape index (κ3) is 3.72. The molecule has 10 heteroatoms. The predicted octanol–water partition coefficient (Wildman–Crippen LogP) is 2.21. The first-order valence-corrected chi connectivity index (χ1v) is 7.10. The Hall–Kier alpha value is -3.30. The second kappa shape index (κ2) is 6.86. The molecule has 1 amide bonds. The van der Waals surface area contributed by atoms with E-state index in [1.807, 2.05) is 6.92 Å². The van der Waals surface area contributed by atoms with Gasteiger partial charge in [-0.3, -0.25) is 29.7 Å². The fourth-order valence-electron chi connectivity index (χ4n) is 2.08. The molecular formula is C14H15N5O5. The molecule has 0 saturated heterocycles. The number of nitrogens with one attached hydrogen (secondary N) is 1. The summed E-state index contributed by atoms with van der Waals surface area (Å²) >= 11 is 0. The summed E-state index contributed by atoms with van der Waals surface area (Å²) in [7, 11) is 0. The summed E-state index contributed by atoms with van der Waals surface area (Å²) in [5.74, 6) is -0.652. The minimum absolute atomic E-state index is 0.155. The number of hydrogen-bond donors (Lipinski definition) is 1. The number of nitro benzene ring substituents is 2. The van der Waals surface area contributed by atoms with Crippen molar-refractivity contribution < 1.29 is 14.6 Å². The first-order chi connectivity index (χ1) is 11.3. The third-order valence-corrected chi connectivity index (χ3v) is 3.36. The summed E-state index contributed by atoms with van der Waals surface area (Å²) in [5.41, 5.74) is -0.572. The van der Waals surface area contributed by atoms with Gasteiger partial charge in [0.1, 0.15) is 0 Å². The Labute approximate surface area is 136 Å². The molecule has 0 aliphatic carbocycles. The van der Waals surface area contributed by atoms with Crippen LogP contribution in [0.4, 0.5) is 11.4 Å². The average Bonchev–Trinajstić information content (AvgIpc) is 3.03. The van der Waals surface area contributed by atoms with Crippen LogP contribution in [0.1, 0.15) is 35.9 Å². The number of rotatable bonds is 6. The number of non-ortho nitro benzene ring substituents is 2. The van der Waals surface area contributed by atoms with Crippen LogP contribution in [0.25, 0.3) is 0 Å². The van der Waals surface area contributed by atoms with Gasteiger partial charge in [-0.2, -0.15) is 5.10 Å². The van der Waals surface area contributed by atoms with Gasteiger partial charge >= 0.3 is 0 Å². The zero-order valence-corrected chi connectivity index (χ0v) is 13.0. The van der Waals surface area contributed by atoms with Crippen LogP contribution in [0, 0.1) is 20.2 Å². The molecule has 2 aromatic rings. The third-order valence-electron chi connectivity index (χ3n) is 3.36. The highest BCUT2D eigenvalue weighted by Crippen LogP contribution is 2.23. The average molecular weight is 333 g/mol. The van der Waals surface area contributed by atoms with E-state index in [0.717, 1.165) is 18.2 Å². The van der Waals surface area contributed by atoms with Gasteiger partial charge < -0.3 is 5.32 Å². The maximum atomic E-state index is 12.3. The van der Waals surface area contributed by atoms with Crippen molar-refractivity contribution in [1.82, 2.24) is 15.1 Å². The molecule has 1 aromatic carbocycles.